The predicted octanol–water partition coefficient (Wildman–Crippen LogP) is 3.24. The summed E-state index contributed by atoms with van der Waals surface area (Å²) in [6, 6.07) is 11.9. The summed E-state index contributed by atoms with van der Waals surface area (Å²) in [6.45, 7) is 4.07. The minimum Gasteiger partial charge on any atom is -0.329 e. The van der Waals surface area contributed by atoms with Crippen molar-refractivity contribution in [3.8, 4) is 0 Å². The van der Waals surface area contributed by atoms with E-state index in [2.05, 4.69) is 36.2 Å². The smallest absolute Gasteiger partial charge is 0.255 e. The average Bonchev–Trinajstić information content (AvgIpc) is 2.33. The summed E-state index contributed by atoms with van der Waals surface area (Å²) in [6.07, 6.45) is 3.55. The first-order valence-corrected chi connectivity index (χ1v) is 5.60. The topological polar surface area (TPSA) is 32.9 Å². The molecule has 86 valence electrons. The lowest BCUT2D eigenvalue weighted by atomic mass is 10.0. The first kappa shape index (κ1) is 11.4. The Morgan fingerprint density at radius 1 is 1.18 bits per heavy atom. The molecule has 0 spiro atoms. The van der Waals surface area contributed by atoms with Crippen LogP contribution in [0.2, 0.25) is 0 Å². The summed E-state index contributed by atoms with van der Waals surface area (Å²) in [5.74, 6) is 0. The number of aromatic amines is 1. The molecular weight excluding hydrogens is 210 g/mol. The molecule has 1 N–H and O–H groups in total. The van der Waals surface area contributed by atoms with E-state index in [4.69, 9.17) is 0 Å². The van der Waals surface area contributed by atoms with Crippen LogP contribution in [0.25, 0.3) is 11.6 Å². The van der Waals surface area contributed by atoms with E-state index in [0.717, 1.165) is 11.1 Å². The molecule has 2 heteroatoms. The van der Waals surface area contributed by atoms with Gasteiger partial charge in [0.2, 0.25) is 0 Å². The van der Waals surface area contributed by atoms with Crippen molar-refractivity contribution in [1.82, 2.24) is 4.98 Å². The van der Waals surface area contributed by atoms with Crippen LogP contribution in [0.5, 0.6) is 0 Å². The van der Waals surface area contributed by atoms with E-state index in [1.807, 2.05) is 25.1 Å². The molecule has 2 aromatic rings. The molecule has 0 saturated heterocycles. The summed E-state index contributed by atoms with van der Waals surface area (Å²) < 4.78 is 0. The average molecular weight is 225 g/mol. The lowest BCUT2D eigenvalue weighted by molar-refractivity contribution is 1.23. The van der Waals surface area contributed by atoms with Gasteiger partial charge in [-0.3, -0.25) is 4.79 Å². The van der Waals surface area contributed by atoms with Gasteiger partial charge in [0.1, 0.15) is 0 Å². The van der Waals surface area contributed by atoms with Gasteiger partial charge in [0.05, 0.1) is 0 Å². The molecule has 0 aliphatic rings. The third kappa shape index (κ3) is 2.72. The minimum atomic E-state index is -0.0565. The van der Waals surface area contributed by atoms with Crippen molar-refractivity contribution in [2.45, 2.75) is 13.8 Å². The molecule has 0 radical (unpaired) electrons. The van der Waals surface area contributed by atoms with Gasteiger partial charge in [-0.1, -0.05) is 29.8 Å². The molecule has 0 bridgehead atoms. The van der Waals surface area contributed by atoms with E-state index in [0.29, 0.717) is 5.56 Å². The number of aryl methyl sites for hydroxylation is 1. The fourth-order valence-electron chi connectivity index (χ4n) is 1.68. The Morgan fingerprint density at radius 3 is 2.53 bits per heavy atom. The second-order valence-electron chi connectivity index (χ2n) is 4.15. The number of allylic oxidation sites excluding steroid dienone is 1. The van der Waals surface area contributed by atoms with E-state index in [1.165, 1.54) is 5.56 Å². The largest absolute Gasteiger partial charge is 0.329 e. The van der Waals surface area contributed by atoms with Crippen LogP contribution in [-0.2, 0) is 0 Å². The maximum absolute atomic E-state index is 11.5. The van der Waals surface area contributed by atoms with Gasteiger partial charge in [0, 0.05) is 11.8 Å². The summed E-state index contributed by atoms with van der Waals surface area (Å²) in [7, 11) is 0. The maximum Gasteiger partial charge on any atom is 0.255 e. The van der Waals surface area contributed by atoms with Crippen LogP contribution in [-0.4, -0.2) is 4.98 Å². The summed E-state index contributed by atoms with van der Waals surface area (Å²) >= 11 is 0. The highest BCUT2D eigenvalue weighted by atomic mass is 16.1. The van der Waals surface area contributed by atoms with Crippen LogP contribution in [0, 0.1) is 6.92 Å². The Hall–Kier alpha value is -2.09. The molecule has 1 aromatic heterocycles. The number of hydrogen-bond acceptors (Lipinski definition) is 1. The number of nitrogens with one attached hydrogen (secondary N) is 1. The van der Waals surface area contributed by atoms with Crippen molar-refractivity contribution >= 4 is 11.6 Å². The summed E-state index contributed by atoms with van der Waals surface area (Å²) in [5, 5.41) is 0. The van der Waals surface area contributed by atoms with Crippen molar-refractivity contribution in [3.63, 3.8) is 0 Å². The molecule has 17 heavy (non-hydrogen) atoms. The van der Waals surface area contributed by atoms with Crippen LogP contribution in [0.1, 0.15) is 23.6 Å². The van der Waals surface area contributed by atoms with Crippen molar-refractivity contribution in [2.75, 3.05) is 0 Å². The van der Waals surface area contributed by atoms with Crippen LogP contribution in [0.4, 0.5) is 0 Å². The van der Waals surface area contributed by atoms with Crippen molar-refractivity contribution in [2.24, 2.45) is 0 Å². The van der Waals surface area contributed by atoms with Gasteiger partial charge in [0.15, 0.2) is 0 Å². The van der Waals surface area contributed by atoms with Crippen molar-refractivity contribution in [3.05, 3.63) is 69.6 Å². The Bertz CT molecular complexity index is 591. The molecule has 0 amide bonds. The lowest BCUT2D eigenvalue weighted by Gasteiger charge is -2.02. The Morgan fingerprint density at radius 2 is 1.88 bits per heavy atom. The fraction of sp³-hybridized carbons (Fsp3) is 0.133. The molecule has 0 unspecified atom stereocenters. The third-order valence-corrected chi connectivity index (χ3v) is 2.73. The first-order valence-electron chi connectivity index (χ1n) is 5.60. The normalized spacial score (nSPS) is 11.5. The van der Waals surface area contributed by atoms with Gasteiger partial charge in [0.25, 0.3) is 5.56 Å². The standard InChI is InChI=1S/C15H15NO/c1-11-5-7-13(8-6-11)12(2)10-14-4-3-9-16-15(14)17/h3-10H,1-2H3,(H,16,17)/b12-10+. The molecule has 0 aliphatic heterocycles. The van der Waals surface area contributed by atoms with Crippen molar-refractivity contribution in [1.29, 1.82) is 0 Å². The first-order chi connectivity index (χ1) is 8.16. The molecule has 2 nitrogen and oxygen atoms in total. The number of H-pyrrole nitrogens is 1. The number of pyridine rings is 1. The maximum atomic E-state index is 11.5. The molecule has 2 rings (SSSR count). The summed E-state index contributed by atoms with van der Waals surface area (Å²) in [4.78, 5) is 14.2. The van der Waals surface area contributed by atoms with Crippen LogP contribution < -0.4 is 5.56 Å². The van der Waals surface area contributed by atoms with E-state index in [1.54, 1.807) is 6.20 Å². The van der Waals surface area contributed by atoms with E-state index in [9.17, 15) is 4.79 Å². The zero-order valence-electron chi connectivity index (χ0n) is 10.0. The Kier molecular flexibility index (Phi) is 3.24. The van der Waals surface area contributed by atoms with E-state index >= 15 is 0 Å². The van der Waals surface area contributed by atoms with Gasteiger partial charge >= 0.3 is 0 Å². The van der Waals surface area contributed by atoms with Crippen LogP contribution in [0.15, 0.2) is 47.4 Å². The highest BCUT2D eigenvalue weighted by Crippen LogP contribution is 2.16. The monoisotopic (exact) mass is 225 g/mol. The van der Waals surface area contributed by atoms with Gasteiger partial charge in [-0.15, -0.1) is 0 Å². The van der Waals surface area contributed by atoms with Gasteiger partial charge in [-0.2, -0.15) is 0 Å². The van der Waals surface area contributed by atoms with Gasteiger partial charge < -0.3 is 4.98 Å². The minimum absolute atomic E-state index is 0.0565. The number of rotatable bonds is 2. The van der Waals surface area contributed by atoms with E-state index in [-0.39, 0.29) is 5.56 Å². The summed E-state index contributed by atoms with van der Waals surface area (Å²) in [5.41, 5.74) is 4.09. The Balaban J connectivity index is 2.38. The van der Waals surface area contributed by atoms with Gasteiger partial charge in [-0.05, 0) is 43.2 Å². The zero-order valence-corrected chi connectivity index (χ0v) is 10.0. The number of hydrogen-bond donors (Lipinski definition) is 1. The molecule has 1 heterocycles. The molecule has 1 aromatic carbocycles. The highest BCUT2D eigenvalue weighted by Gasteiger charge is 1.98. The molecule has 0 aliphatic carbocycles. The van der Waals surface area contributed by atoms with Gasteiger partial charge in [-0.25, -0.2) is 0 Å². The highest BCUT2D eigenvalue weighted by molar-refractivity contribution is 5.79. The number of benzene rings is 1. The van der Waals surface area contributed by atoms with Crippen LogP contribution >= 0.6 is 0 Å². The SMILES string of the molecule is C/C(=C\c1ccc[nH]c1=O)c1ccc(C)cc1. The lowest BCUT2D eigenvalue weighted by Crippen LogP contribution is -2.07. The third-order valence-electron chi connectivity index (χ3n) is 2.73. The molecule has 0 saturated carbocycles. The van der Waals surface area contributed by atoms with E-state index < -0.39 is 0 Å². The zero-order chi connectivity index (χ0) is 12.3. The molecule has 0 atom stereocenters. The quantitative estimate of drug-likeness (QED) is 0.836. The second kappa shape index (κ2) is 4.83. The predicted molar refractivity (Wildman–Crippen MR) is 71.8 cm³/mol. The number of aromatic nitrogens is 1. The Labute approximate surface area is 101 Å². The fourth-order valence-corrected chi connectivity index (χ4v) is 1.68. The molecule has 0 fully saturated rings. The van der Waals surface area contributed by atoms with Crippen molar-refractivity contribution < 1.29 is 0 Å². The second-order valence-corrected chi connectivity index (χ2v) is 4.15. The van der Waals surface area contributed by atoms with Crippen LogP contribution in [0.3, 0.4) is 0 Å². The molecular formula is C15H15NO.